The first-order chi connectivity index (χ1) is 16.3. The van der Waals surface area contributed by atoms with E-state index in [9.17, 15) is 14.0 Å². The summed E-state index contributed by atoms with van der Waals surface area (Å²) in [6.45, 7) is 3.56. The van der Waals surface area contributed by atoms with Crippen molar-refractivity contribution in [3.8, 4) is 5.75 Å². The molecule has 0 fully saturated rings. The van der Waals surface area contributed by atoms with E-state index in [2.05, 4.69) is 5.32 Å². The third kappa shape index (κ3) is 7.32. The summed E-state index contributed by atoms with van der Waals surface area (Å²) in [5.74, 6) is -0.684. The van der Waals surface area contributed by atoms with Gasteiger partial charge in [0.05, 0.1) is 0 Å². The summed E-state index contributed by atoms with van der Waals surface area (Å²) in [7, 11) is 0. The molecule has 3 aromatic carbocycles. The third-order valence-corrected chi connectivity index (χ3v) is 5.55. The number of nitrogens with one attached hydrogen (secondary N) is 1. The zero-order chi connectivity index (χ0) is 24.5. The van der Waals surface area contributed by atoms with Crippen LogP contribution in [0, 0.1) is 5.82 Å². The first kappa shape index (κ1) is 25.2. The number of hydrogen-bond acceptors (Lipinski definition) is 3. The number of rotatable bonds is 10. The van der Waals surface area contributed by atoms with Crippen molar-refractivity contribution in [1.29, 1.82) is 0 Å². The second kappa shape index (κ2) is 12.2. The predicted octanol–water partition coefficient (Wildman–Crippen LogP) is 5.02. The van der Waals surface area contributed by atoms with E-state index in [1.807, 2.05) is 62.4 Å². The van der Waals surface area contributed by atoms with E-state index in [0.29, 0.717) is 17.2 Å². The molecular formula is C27H28ClFN2O3. The fraction of sp³-hybridized carbons (Fsp3) is 0.259. The smallest absolute Gasteiger partial charge is 0.261 e. The lowest BCUT2D eigenvalue weighted by molar-refractivity contribution is -0.143. The Morgan fingerprint density at radius 2 is 1.62 bits per heavy atom. The highest BCUT2D eigenvalue weighted by Crippen LogP contribution is 2.21. The second-order valence-corrected chi connectivity index (χ2v) is 8.63. The molecule has 0 aliphatic rings. The van der Waals surface area contributed by atoms with Gasteiger partial charge in [-0.3, -0.25) is 9.59 Å². The van der Waals surface area contributed by atoms with Gasteiger partial charge in [-0.2, -0.15) is 0 Å². The molecule has 0 aliphatic heterocycles. The topological polar surface area (TPSA) is 58.6 Å². The van der Waals surface area contributed by atoms with E-state index in [1.165, 1.54) is 29.2 Å². The molecule has 2 amide bonds. The molecule has 0 unspecified atom stereocenters. The SMILES string of the molecule is CC(C)NC(=O)[C@@H](Cc1ccccc1)N(Cc1ccccc1Cl)C(=O)COc1ccc(F)cc1. The van der Waals surface area contributed by atoms with E-state index < -0.39 is 11.9 Å². The van der Waals surface area contributed by atoms with Crippen molar-refractivity contribution in [2.24, 2.45) is 0 Å². The Hall–Kier alpha value is -3.38. The van der Waals surface area contributed by atoms with Crippen molar-refractivity contribution >= 4 is 23.4 Å². The maximum atomic E-state index is 13.4. The second-order valence-electron chi connectivity index (χ2n) is 8.22. The molecule has 0 heterocycles. The number of hydrogen-bond donors (Lipinski definition) is 1. The van der Waals surface area contributed by atoms with Crippen LogP contribution in [0.5, 0.6) is 5.75 Å². The molecule has 0 aromatic heterocycles. The zero-order valence-electron chi connectivity index (χ0n) is 19.2. The minimum atomic E-state index is -0.787. The monoisotopic (exact) mass is 482 g/mol. The average molecular weight is 483 g/mol. The van der Waals surface area contributed by atoms with Crippen molar-refractivity contribution < 1.29 is 18.7 Å². The highest BCUT2D eigenvalue weighted by molar-refractivity contribution is 6.31. The van der Waals surface area contributed by atoms with E-state index in [-0.39, 0.29) is 31.0 Å². The molecule has 0 saturated carbocycles. The summed E-state index contributed by atoms with van der Waals surface area (Å²) in [6, 6.07) is 21.3. The van der Waals surface area contributed by atoms with Crippen LogP contribution in [0.2, 0.25) is 5.02 Å². The lowest BCUT2D eigenvalue weighted by Gasteiger charge is -2.32. The van der Waals surface area contributed by atoms with E-state index in [4.69, 9.17) is 16.3 Å². The van der Waals surface area contributed by atoms with Gasteiger partial charge >= 0.3 is 0 Å². The number of ether oxygens (including phenoxy) is 1. The quantitative estimate of drug-likeness (QED) is 0.441. The Labute approximate surface area is 204 Å². The van der Waals surface area contributed by atoms with Crippen LogP contribution in [0.15, 0.2) is 78.9 Å². The average Bonchev–Trinajstić information content (AvgIpc) is 2.82. The Kier molecular flexibility index (Phi) is 9.05. The molecule has 1 atom stereocenters. The van der Waals surface area contributed by atoms with Crippen molar-refractivity contribution in [2.45, 2.75) is 38.9 Å². The number of halogens is 2. The Bertz CT molecular complexity index is 1090. The molecule has 0 bridgehead atoms. The Morgan fingerprint density at radius 3 is 2.26 bits per heavy atom. The minimum Gasteiger partial charge on any atom is -0.484 e. The molecule has 0 aliphatic carbocycles. The Morgan fingerprint density at radius 1 is 0.971 bits per heavy atom. The largest absolute Gasteiger partial charge is 0.484 e. The van der Waals surface area contributed by atoms with Crippen LogP contribution >= 0.6 is 11.6 Å². The fourth-order valence-electron chi connectivity index (χ4n) is 3.50. The summed E-state index contributed by atoms with van der Waals surface area (Å²) >= 11 is 6.38. The molecule has 0 radical (unpaired) electrons. The van der Waals surface area contributed by atoms with Crippen LogP contribution in [0.4, 0.5) is 4.39 Å². The maximum absolute atomic E-state index is 13.4. The summed E-state index contributed by atoms with van der Waals surface area (Å²) in [6.07, 6.45) is 0.326. The zero-order valence-corrected chi connectivity index (χ0v) is 20.0. The first-order valence-corrected chi connectivity index (χ1v) is 11.5. The number of nitrogens with zero attached hydrogens (tertiary/aromatic N) is 1. The number of benzene rings is 3. The molecule has 34 heavy (non-hydrogen) atoms. The van der Waals surface area contributed by atoms with Gasteiger partial charge in [0, 0.05) is 24.0 Å². The van der Waals surface area contributed by atoms with Gasteiger partial charge in [0.1, 0.15) is 17.6 Å². The third-order valence-electron chi connectivity index (χ3n) is 5.18. The van der Waals surface area contributed by atoms with E-state index >= 15 is 0 Å². The first-order valence-electron chi connectivity index (χ1n) is 11.1. The van der Waals surface area contributed by atoms with E-state index in [0.717, 1.165) is 11.1 Å². The summed E-state index contributed by atoms with van der Waals surface area (Å²) < 4.78 is 18.8. The lowest BCUT2D eigenvalue weighted by Crippen LogP contribution is -2.52. The highest BCUT2D eigenvalue weighted by Gasteiger charge is 2.31. The van der Waals surface area contributed by atoms with Crippen molar-refractivity contribution in [3.63, 3.8) is 0 Å². The maximum Gasteiger partial charge on any atom is 0.261 e. The molecular weight excluding hydrogens is 455 g/mol. The minimum absolute atomic E-state index is 0.0986. The van der Waals surface area contributed by atoms with Crippen molar-refractivity contribution in [2.75, 3.05) is 6.61 Å². The van der Waals surface area contributed by atoms with E-state index in [1.54, 1.807) is 6.07 Å². The number of carbonyl (C=O) groups is 2. The standard InChI is InChI=1S/C27H28ClFN2O3/c1-19(2)30-27(33)25(16-20-8-4-3-5-9-20)31(17-21-10-6-7-11-24(21)28)26(32)18-34-23-14-12-22(29)13-15-23/h3-15,19,25H,16-18H2,1-2H3,(H,30,33)/t25-/m1/s1. The van der Waals surface area contributed by atoms with Gasteiger partial charge in [0.25, 0.3) is 5.91 Å². The lowest BCUT2D eigenvalue weighted by atomic mass is 10.0. The van der Waals surface area contributed by atoms with Gasteiger partial charge in [-0.25, -0.2) is 4.39 Å². The molecule has 178 valence electrons. The molecule has 0 spiro atoms. The molecule has 5 nitrogen and oxygen atoms in total. The summed E-state index contributed by atoms with van der Waals surface area (Å²) in [5.41, 5.74) is 1.64. The molecule has 3 aromatic rings. The Balaban J connectivity index is 1.91. The summed E-state index contributed by atoms with van der Waals surface area (Å²) in [5, 5.41) is 3.43. The van der Waals surface area contributed by atoms with Crippen LogP contribution in [-0.2, 0) is 22.6 Å². The molecule has 7 heteroatoms. The molecule has 1 N–H and O–H groups in total. The van der Waals surface area contributed by atoms with Crippen LogP contribution in [0.3, 0.4) is 0 Å². The van der Waals surface area contributed by atoms with Gasteiger partial charge in [0.2, 0.25) is 5.91 Å². The number of amides is 2. The van der Waals surface area contributed by atoms with Gasteiger partial charge in [-0.15, -0.1) is 0 Å². The van der Waals surface area contributed by atoms with Gasteiger partial charge in [-0.1, -0.05) is 60.1 Å². The predicted molar refractivity (Wildman–Crippen MR) is 131 cm³/mol. The normalized spacial score (nSPS) is 11.7. The van der Waals surface area contributed by atoms with Crippen LogP contribution in [-0.4, -0.2) is 35.4 Å². The summed E-state index contributed by atoms with van der Waals surface area (Å²) in [4.78, 5) is 28.2. The van der Waals surface area contributed by atoms with Crippen molar-refractivity contribution in [3.05, 3.63) is 101 Å². The molecule has 0 saturated heterocycles. The van der Waals surface area contributed by atoms with Gasteiger partial charge in [-0.05, 0) is 55.3 Å². The van der Waals surface area contributed by atoms with Crippen LogP contribution in [0.1, 0.15) is 25.0 Å². The van der Waals surface area contributed by atoms with Crippen LogP contribution < -0.4 is 10.1 Å². The highest BCUT2D eigenvalue weighted by atomic mass is 35.5. The van der Waals surface area contributed by atoms with Gasteiger partial charge in [0.15, 0.2) is 6.61 Å². The fourth-order valence-corrected chi connectivity index (χ4v) is 3.70. The molecule has 3 rings (SSSR count). The number of carbonyl (C=O) groups excluding carboxylic acids is 2. The van der Waals surface area contributed by atoms with Crippen LogP contribution in [0.25, 0.3) is 0 Å². The van der Waals surface area contributed by atoms with Gasteiger partial charge < -0.3 is 15.0 Å². The van der Waals surface area contributed by atoms with Crippen molar-refractivity contribution in [1.82, 2.24) is 10.2 Å².